The monoisotopic (exact) mass is 128 g/mol. The molecule has 0 rings (SSSR count). The van der Waals surface area contributed by atoms with Gasteiger partial charge in [-0.2, -0.15) is 12.6 Å². The molecule has 0 amide bonds. The van der Waals surface area contributed by atoms with E-state index in [9.17, 15) is 5.11 Å². The molecule has 0 saturated carbocycles. The summed E-state index contributed by atoms with van der Waals surface area (Å²) in [4.78, 5) is 0. The Kier molecular flexibility index (Phi) is 8.68. The van der Waals surface area contributed by atoms with E-state index in [1.165, 1.54) is 0 Å². The van der Waals surface area contributed by atoms with Crippen molar-refractivity contribution in [2.75, 3.05) is 0 Å². The van der Waals surface area contributed by atoms with Crippen LogP contribution in [0, 0.1) is 0 Å². The maximum absolute atomic E-state index is 10.2. The van der Waals surface area contributed by atoms with E-state index in [0.29, 0.717) is 0 Å². The zero-order chi connectivity index (χ0) is 5.15. The smallest absolute Gasteiger partial charge is 0.851 e. The molecule has 2 atom stereocenters. The molecule has 0 radical (unpaired) electrons. The molecule has 0 saturated heterocycles. The van der Waals surface area contributed by atoms with Crippen LogP contribution in [0.5, 0.6) is 0 Å². The first-order chi connectivity index (χ1) is 2.64. The van der Waals surface area contributed by atoms with Crippen LogP contribution in [0.15, 0.2) is 0 Å². The van der Waals surface area contributed by atoms with Crippen LogP contribution < -0.4 is 34.7 Å². The number of hydrogen-bond acceptors (Lipinski definition) is 2. The van der Waals surface area contributed by atoms with Crippen molar-refractivity contribution in [1.82, 2.24) is 0 Å². The topological polar surface area (TPSA) is 23.1 Å². The van der Waals surface area contributed by atoms with Crippen molar-refractivity contribution in [3.05, 3.63) is 0 Å². The van der Waals surface area contributed by atoms with Gasteiger partial charge < -0.3 is 5.11 Å². The van der Waals surface area contributed by atoms with Gasteiger partial charge in [0.2, 0.25) is 0 Å². The molecular formula is C4H9NaOS. The molecule has 0 aliphatic heterocycles. The van der Waals surface area contributed by atoms with Crippen LogP contribution in [-0.4, -0.2) is 11.4 Å². The standard InChI is InChI=1S/C4H9OS.Na/c1-3(5)4(2)6;/h3-4,6H,1-2H3;/q-1;+1. The summed E-state index contributed by atoms with van der Waals surface area (Å²) in [5.74, 6) is 0. The maximum atomic E-state index is 10.2. The van der Waals surface area contributed by atoms with E-state index in [0.717, 1.165) is 0 Å². The van der Waals surface area contributed by atoms with Crippen LogP contribution in [0.3, 0.4) is 0 Å². The van der Waals surface area contributed by atoms with Crippen molar-refractivity contribution in [1.29, 1.82) is 0 Å². The Morgan fingerprint density at radius 1 is 1.43 bits per heavy atom. The fourth-order valence-corrected chi connectivity index (χ4v) is 0. The molecule has 0 N–H and O–H groups in total. The third-order valence-electron chi connectivity index (χ3n) is 0.679. The fourth-order valence-electron chi connectivity index (χ4n) is 0. The maximum Gasteiger partial charge on any atom is 1.00 e. The second-order valence-corrected chi connectivity index (χ2v) is 2.26. The van der Waals surface area contributed by atoms with Gasteiger partial charge in [-0.15, -0.1) is 6.10 Å². The summed E-state index contributed by atoms with van der Waals surface area (Å²) < 4.78 is 0. The first kappa shape index (κ1) is 11.2. The van der Waals surface area contributed by atoms with Gasteiger partial charge in [0.05, 0.1) is 0 Å². The van der Waals surface area contributed by atoms with Gasteiger partial charge in [0.25, 0.3) is 0 Å². The first-order valence-electron chi connectivity index (χ1n) is 1.98. The Hall–Kier alpha value is 1.31. The van der Waals surface area contributed by atoms with E-state index in [1.54, 1.807) is 13.8 Å². The van der Waals surface area contributed by atoms with Gasteiger partial charge in [-0.3, -0.25) is 0 Å². The molecule has 7 heavy (non-hydrogen) atoms. The van der Waals surface area contributed by atoms with Crippen molar-refractivity contribution >= 4 is 12.6 Å². The van der Waals surface area contributed by atoms with Gasteiger partial charge in [0.15, 0.2) is 0 Å². The first-order valence-corrected chi connectivity index (χ1v) is 2.50. The quantitative estimate of drug-likeness (QED) is 0.296. The van der Waals surface area contributed by atoms with Crippen molar-refractivity contribution in [2.24, 2.45) is 0 Å². The van der Waals surface area contributed by atoms with Crippen LogP contribution in [0.2, 0.25) is 0 Å². The normalized spacial score (nSPS) is 17.1. The third-order valence-corrected chi connectivity index (χ3v) is 1.10. The molecule has 0 aromatic rings. The Balaban J connectivity index is 0. The summed E-state index contributed by atoms with van der Waals surface area (Å²) in [5, 5.41) is 10.1. The van der Waals surface area contributed by atoms with E-state index in [2.05, 4.69) is 12.6 Å². The second kappa shape index (κ2) is 5.45. The summed E-state index contributed by atoms with van der Waals surface area (Å²) in [7, 11) is 0. The van der Waals surface area contributed by atoms with E-state index >= 15 is 0 Å². The molecule has 0 heterocycles. The molecule has 0 spiro atoms. The average molecular weight is 128 g/mol. The minimum atomic E-state index is -0.534. The zero-order valence-electron chi connectivity index (χ0n) is 5.01. The Labute approximate surface area is 72.2 Å². The van der Waals surface area contributed by atoms with Crippen LogP contribution in [0.1, 0.15) is 13.8 Å². The minimum absolute atomic E-state index is 0. The van der Waals surface area contributed by atoms with Gasteiger partial charge in [-0.25, -0.2) is 0 Å². The number of thiol groups is 1. The Morgan fingerprint density at radius 3 is 1.57 bits per heavy atom. The molecule has 2 unspecified atom stereocenters. The molecule has 0 fully saturated rings. The molecule has 0 aromatic carbocycles. The van der Waals surface area contributed by atoms with Crippen LogP contribution in [-0.2, 0) is 0 Å². The van der Waals surface area contributed by atoms with E-state index in [-0.39, 0.29) is 34.8 Å². The van der Waals surface area contributed by atoms with E-state index in [4.69, 9.17) is 0 Å². The molecule has 1 nitrogen and oxygen atoms in total. The van der Waals surface area contributed by atoms with Gasteiger partial charge in [-0.05, 0) is 5.25 Å². The minimum Gasteiger partial charge on any atom is -0.851 e. The summed E-state index contributed by atoms with van der Waals surface area (Å²) in [6.07, 6.45) is -0.534. The van der Waals surface area contributed by atoms with Gasteiger partial charge >= 0.3 is 29.6 Å². The predicted octanol–water partition coefficient (Wildman–Crippen LogP) is -2.94. The Bertz CT molecular complexity index is 32.7. The van der Waals surface area contributed by atoms with Gasteiger partial charge in [-0.1, -0.05) is 13.8 Å². The molecule has 3 heteroatoms. The average Bonchev–Trinajstić information content (AvgIpc) is 1.36. The SMILES string of the molecule is CC([O-])C(C)S.[Na+]. The van der Waals surface area contributed by atoms with Crippen molar-refractivity contribution in [2.45, 2.75) is 25.2 Å². The largest absolute Gasteiger partial charge is 1.00 e. The van der Waals surface area contributed by atoms with E-state index in [1.807, 2.05) is 0 Å². The third kappa shape index (κ3) is 7.31. The molecule has 0 aromatic heterocycles. The summed E-state index contributed by atoms with van der Waals surface area (Å²) in [5.41, 5.74) is 0. The molecular weight excluding hydrogens is 119 g/mol. The van der Waals surface area contributed by atoms with Crippen LogP contribution >= 0.6 is 12.6 Å². The van der Waals surface area contributed by atoms with Gasteiger partial charge in [0.1, 0.15) is 0 Å². The van der Waals surface area contributed by atoms with Crippen molar-refractivity contribution in [3.8, 4) is 0 Å². The molecule has 38 valence electrons. The molecule has 0 aliphatic carbocycles. The van der Waals surface area contributed by atoms with Gasteiger partial charge in [0, 0.05) is 0 Å². The zero-order valence-corrected chi connectivity index (χ0v) is 7.90. The van der Waals surface area contributed by atoms with Crippen molar-refractivity contribution in [3.63, 3.8) is 0 Å². The Morgan fingerprint density at radius 2 is 1.57 bits per heavy atom. The molecule has 0 bridgehead atoms. The van der Waals surface area contributed by atoms with Crippen LogP contribution in [0.25, 0.3) is 0 Å². The van der Waals surface area contributed by atoms with E-state index < -0.39 is 6.10 Å². The fraction of sp³-hybridized carbons (Fsp3) is 1.00. The number of hydrogen-bond donors (Lipinski definition) is 1. The number of rotatable bonds is 1. The predicted molar refractivity (Wildman–Crippen MR) is 27.9 cm³/mol. The summed E-state index contributed by atoms with van der Waals surface area (Å²) >= 11 is 3.88. The summed E-state index contributed by atoms with van der Waals surface area (Å²) in [6.45, 7) is 3.40. The van der Waals surface area contributed by atoms with Crippen LogP contribution in [0.4, 0.5) is 0 Å². The summed E-state index contributed by atoms with van der Waals surface area (Å²) in [6, 6.07) is 0. The second-order valence-electron chi connectivity index (χ2n) is 1.45. The molecule has 0 aliphatic rings. The van der Waals surface area contributed by atoms with Crippen molar-refractivity contribution < 1.29 is 34.7 Å².